The number of aliphatic hydroxyl groups is 1. The summed E-state index contributed by atoms with van der Waals surface area (Å²) in [5.74, 6) is -1.83. The van der Waals surface area contributed by atoms with E-state index in [1.54, 1.807) is 7.11 Å². The minimum absolute atomic E-state index is 0.0869. The zero-order valence-corrected chi connectivity index (χ0v) is 19.8. The number of carbonyl (C=O) groups is 2. The topological polar surface area (TPSA) is 88.5 Å². The van der Waals surface area contributed by atoms with Crippen LogP contribution in [0.15, 0.2) is 30.4 Å². The van der Waals surface area contributed by atoms with E-state index in [0.29, 0.717) is 12.2 Å². The largest absolute Gasteiger partial charge is 0.497 e. The highest BCUT2D eigenvalue weighted by Gasteiger charge is 2.80. The summed E-state index contributed by atoms with van der Waals surface area (Å²) in [4.78, 5) is 31.3. The maximum atomic E-state index is 13.5. The number of nitrogens with zero attached hydrogens (tertiary/aromatic N) is 2. The minimum Gasteiger partial charge on any atom is -0.497 e. The first-order chi connectivity index (χ1) is 15.8. The number of ether oxygens (including phenoxy) is 3. The molecule has 1 aliphatic carbocycles. The summed E-state index contributed by atoms with van der Waals surface area (Å²) in [6.07, 6.45) is 5.42. The standard InChI is InChI=1S/C25H32N2O6/c1-6-23-10-7-12-27-13-11-24(20(23)27)16-9-8-15(31-3)14-17(16)26(2)21(24)25(30,22(29)33-5)18(23)19(28)32-4/h7-10,14,18,20-21,30H,6,11-13H2,1-5H3/t18-,20-,21+,23+,24+,25+/m1/s1. The van der Waals surface area contributed by atoms with Crippen molar-refractivity contribution in [2.45, 2.75) is 42.9 Å². The highest BCUT2D eigenvalue weighted by Crippen LogP contribution is 2.68. The predicted molar refractivity (Wildman–Crippen MR) is 121 cm³/mol. The molecule has 1 saturated carbocycles. The molecule has 8 nitrogen and oxygen atoms in total. The van der Waals surface area contributed by atoms with Crippen LogP contribution < -0.4 is 9.64 Å². The molecule has 1 spiro atoms. The van der Waals surface area contributed by atoms with Crippen LogP contribution in [0, 0.1) is 11.3 Å². The number of carbonyl (C=O) groups excluding carboxylic acids is 2. The van der Waals surface area contributed by atoms with E-state index in [1.807, 2.05) is 31.0 Å². The number of methoxy groups -OCH3 is 3. The highest BCUT2D eigenvalue weighted by molar-refractivity contribution is 5.92. The van der Waals surface area contributed by atoms with Gasteiger partial charge in [-0.2, -0.15) is 0 Å². The van der Waals surface area contributed by atoms with Crippen molar-refractivity contribution in [3.8, 4) is 5.75 Å². The fourth-order valence-electron chi connectivity index (χ4n) is 7.89. The zero-order chi connectivity index (χ0) is 23.8. The van der Waals surface area contributed by atoms with Gasteiger partial charge in [0.25, 0.3) is 0 Å². The van der Waals surface area contributed by atoms with E-state index >= 15 is 0 Å². The Hall–Kier alpha value is -2.58. The molecule has 2 fully saturated rings. The van der Waals surface area contributed by atoms with E-state index in [0.717, 1.165) is 30.8 Å². The molecular formula is C25H32N2O6. The third-order valence-electron chi connectivity index (χ3n) is 8.86. The van der Waals surface area contributed by atoms with Crippen LogP contribution in [0.25, 0.3) is 0 Å². The third kappa shape index (κ3) is 2.38. The first-order valence-corrected chi connectivity index (χ1v) is 11.5. The highest BCUT2D eigenvalue weighted by atomic mass is 16.5. The zero-order valence-electron chi connectivity index (χ0n) is 19.8. The van der Waals surface area contributed by atoms with E-state index in [2.05, 4.69) is 23.1 Å². The van der Waals surface area contributed by atoms with Crippen molar-refractivity contribution in [2.75, 3.05) is 46.4 Å². The molecule has 1 aromatic rings. The molecule has 0 unspecified atom stereocenters. The van der Waals surface area contributed by atoms with Crippen LogP contribution in [0.2, 0.25) is 0 Å². The van der Waals surface area contributed by atoms with Crippen molar-refractivity contribution in [2.24, 2.45) is 11.3 Å². The summed E-state index contributed by atoms with van der Waals surface area (Å²) >= 11 is 0. The maximum absolute atomic E-state index is 13.5. The molecule has 0 bridgehead atoms. The second-order valence-electron chi connectivity index (χ2n) is 9.73. The Morgan fingerprint density at radius 2 is 1.94 bits per heavy atom. The Kier molecular flexibility index (Phi) is 4.85. The van der Waals surface area contributed by atoms with E-state index in [1.165, 1.54) is 14.2 Å². The average molecular weight is 457 g/mol. The Morgan fingerprint density at radius 3 is 2.58 bits per heavy atom. The van der Waals surface area contributed by atoms with Gasteiger partial charge >= 0.3 is 11.9 Å². The summed E-state index contributed by atoms with van der Waals surface area (Å²) in [5.41, 5.74) is -1.53. The second kappa shape index (κ2) is 7.21. The molecule has 1 aromatic carbocycles. The molecule has 6 atom stereocenters. The first-order valence-electron chi connectivity index (χ1n) is 11.5. The normalized spacial score (nSPS) is 38.4. The van der Waals surface area contributed by atoms with Crippen molar-refractivity contribution in [1.82, 2.24) is 4.90 Å². The number of fused-ring (bicyclic) bond motifs is 1. The van der Waals surface area contributed by atoms with Crippen LogP contribution in [0.1, 0.15) is 25.3 Å². The number of esters is 2. The number of likely N-dealkylation sites (N-methyl/N-ethyl adjacent to an activating group) is 1. The Bertz CT molecular complexity index is 1040. The van der Waals surface area contributed by atoms with Crippen molar-refractivity contribution in [3.63, 3.8) is 0 Å². The fourth-order valence-corrected chi connectivity index (χ4v) is 7.89. The van der Waals surface area contributed by atoms with E-state index < -0.39 is 40.3 Å². The minimum atomic E-state index is -2.12. The molecular weight excluding hydrogens is 424 g/mol. The van der Waals surface area contributed by atoms with E-state index in [-0.39, 0.29) is 6.04 Å². The van der Waals surface area contributed by atoms with Crippen molar-refractivity contribution < 1.29 is 28.9 Å². The van der Waals surface area contributed by atoms with Gasteiger partial charge in [-0.25, -0.2) is 4.79 Å². The molecule has 5 rings (SSSR count). The van der Waals surface area contributed by atoms with Gasteiger partial charge < -0.3 is 24.2 Å². The Balaban J connectivity index is 1.88. The second-order valence-corrected chi connectivity index (χ2v) is 9.73. The van der Waals surface area contributed by atoms with Crippen LogP contribution >= 0.6 is 0 Å². The van der Waals surface area contributed by atoms with Crippen LogP contribution in [0.5, 0.6) is 5.75 Å². The molecule has 3 heterocycles. The van der Waals surface area contributed by atoms with Gasteiger partial charge in [0.1, 0.15) is 11.7 Å². The van der Waals surface area contributed by atoms with E-state index in [4.69, 9.17) is 14.2 Å². The lowest BCUT2D eigenvalue weighted by atomic mass is 9.45. The predicted octanol–water partition coefficient (Wildman–Crippen LogP) is 1.50. The monoisotopic (exact) mass is 456 g/mol. The van der Waals surface area contributed by atoms with Crippen molar-refractivity contribution >= 4 is 17.6 Å². The molecule has 178 valence electrons. The molecule has 8 heteroatoms. The summed E-state index contributed by atoms with van der Waals surface area (Å²) in [5, 5.41) is 12.5. The molecule has 4 aliphatic rings. The van der Waals surface area contributed by atoms with Gasteiger partial charge in [0.05, 0.1) is 27.4 Å². The lowest BCUT2D eigenvalue weighted by Gasteiger charge is -2.63. The van der Waals surface area contributed by atoms with Crippen LogP contribution in [0.3, 0.4) is 0 Å². The number of hydrogen-bond acceptors (Lipinski definition) is 8. The summed E-state index contributed by atoms with van der Waals surface area (Å²) in [7, 11) is 6.06. The van der Waals surface area contributed by atoms with Crippen molar-refractivity contribution in [1.29, 1.82) is 0 Å². The number of rotatable bonds is 4. The Labute approximate surface area is 194 Å². The van der Waals surface area contributed by atoms with Crippen LogP contribution in [-0.2, 0) is 24.5 Å². The van der Waals surface area contributed by atoms with Gasteiger partial charge in [-0.15, -0.1) is 0 Å². The lowest BCUT2D eigenvalue weighted by Crippen LogP contribution is -2.80. The lowest BCUT2D eigenvalue weighted by molar-refractivity contribution is -0.209. The number of benzene rings is 1. The summed E-state index contributed by atoms with van der Waals surface area (Å²) in [6, 6.07) is 5.15. The first kappa shape index (κ1) is 22.2. The van der Waals surface area contributed by atoms with Crippen molar-refractivity contribution in [3.05, 3.63) is 35.9 Å². The fraction of sp³-hybridized carbons (Fsp3) is 0.600. The van der Waals surface area contributed by atoms with Gasteiger partial charge in [0, 0.05) is 42.2 Å². The quantitative estimate of drug-likeness (QED) is 0.539. The average Bonchev–Trinajstić information content (AvgIpc) is 3.35. The van der Waals surface area contributed by atoms with Crippen LogP contribution in [0.4, 0.5) is 5.69 Å². The Morgan fingerprint density at radius 1 is 1.18 bits per heavy atom. The van der Waals surface area contributed by atoms with Gasteiger partial charge in [-0.3, -0.25) is 9.69 Å². The van der Waals surface area contributed by atoms with Gasteiger partial charge in [-0.1, -0.05) is 25.1 Å². The maximum Gasteiger partial charge on any atom is 0.341 e. The van der Waals surface area contributed by atoms with Gasteiger partial charge in [0.15, 0.2) is 5.60 Å². The summed E-state index contributed by atoms with van der Waals surface area (Å²) in [6.45, 7) is 3.58. The molecule has 0 aromatic heterocycles. The summed E-state index contributed by atoms with van der Waals surface area (Å²) < 4.78 is 15.9. The van der Waals surface area contributed by atoms with Crippen LogP contribution in [-0.4, -0.2) is 81.1 Å². The molecule has 1 saturated heterocycles. The molecule has 0 radical (unpaired) electrons. The number of hydrogen-bond donors (Lipinski definition) is 1. The third-order valence-corrected chi connectivity index (χ3v) is 8.86. The van der Waals surface area contributed by atoms with Gasteiger partial charge in [-0.05, 0) is 31.0 Å². The van der Waals surface area contributed by atoms with Gasteiger partial charge in [0.2, 0.25) is 0 Å². The molecule has 3 aliphatic heterocycles. The molecule has 0 amide bonds. The van der Waals surface area contributed by atoms with E-state index in [9.17, 15) is 14.7 Å². The molecule has 1 N–H and O–H groups in total. The molecule has 33 heavy (non-hydrogen) atoms. The SMILES string of the molecule is CC[C@]12C=CCN3CC[C@]4(c5ccc(OC)cc5N(C)[C@@H]4[C@](O)(C(=O)OC)[C@@H]1C(=O)OC)[C@H]32. The smallest absolute Gasteiger partial charge is 0.341 e. The number of anilines is 1.